The predicted molar refractivity (Wildman–Crippen MR) is 59.9 cm³/mol. The lowest BCUT2D eigenvalue weighted by Crippen LogP contribution is -1.95. The van der Waals surface area contributed by atoms with E-state index in [0.29, 0.717) is 11.7 Å². The first kappa shape index (κ1) is 9.71. The molecule has 0 spiro atoms. The van der Waals surface area contributed by atoms with Gasteiger partial charge in [-0.25, -0.2) is 4.68 Å². The van der Waals surface area contributed by atoms with E-state index in [2.05, 4.69) is 36.3 Å². The van der Waals surface area contributed by atoms with Gasteiger partial charge in [-0.2, -0.15) is 0 Å². The third-order valence-electron chi connectivity index (χ3n) is 2.34. The van der Waals surface area contributed by atoms with E-state index in [1.54, 1.807) is 10.9 Å². The number of nitrogens with two attached hydrogens (primary N) is 1. The van der Waals surface area contributed by atoms with E-state index in [9.17, 15) is 0 Å². The maximum Gasteiger partial charge on any atom is 0.166 e. The van der Waals surface area contributed by atoms with Gasteiger partial charge in [-0.3, -0.25) is 0 Å². The molecule has 4 nitrogen and oxygen atoms in total. The Kier molecular flexibility index (Phi) is 2.41. The van der Waals surface area contributed by atoms with Gasteiger partial charge < -0.3 is 5.73 Å². The van der Waals surface area contributed by atoms with Gasteiger partial charge >= 0.3 is 0 Å². The Hall–Kier alpha value is -1.84. The van der Waals surface area contributed by atoms with E-state index < -0.39 is 0 Å². The van der Waals surface area contributed by atoms with Gasteiger partial charge in [0.25, 0.3) is 0 Å². The van der Waals surface area contributed by atoms with Crippen LogP contribution in [0.3, 0.4) is 0 Å². The number of benzene rings is 1. The fourth-order valence-corrected chi connectivity index (χ4v) is 1.41. The van der Waals surface area contributed by atoms with Gasteiger partial charge in [0.15, 0.2) is 5.82 Å². The molecule has 2 rings (SSSR count). The SMILES string of the molecule is CC(C)c1ccc(-n2cc(N)nn2)cc1. The number of hydrogen-bond donors (Lipinski definition) is 1. The van der Waals surface area contributed by atoms with Gasteiger partial charge in [-0.15, -0.1) is 5.10 Å². The lowest BCUT2D eigenvalue weighted by atomic mass is 10.0. The molecule has 0 atom stereocenters. The van der Waals surface area contributed by atoms with Crippen molar-refractivity contribution in [2.24, 2.45) is 0 Å². The summed E-state index contributed by atoms with van der Waals surface area (Å²) in [5.41, 5.74) is 7.79. The smallest absolute Gasteiger partial charge is 0.166 e. The highest BCUT2D eigenvalue weighted by Gasteiger charge is 2.01. The van der Waals surface area contributed by atoms with Crippen molar-refractivity contribution in [1.82, 2.24) is 15.0 Å². The van der Waals surface area contributed by atoms with E-state index in [-0.39, 0.29) is 0 Å². The average molecular weight is 202 g/mol. The molecule has 2 N–H and O–H groups in total. The molecular weight excluding hydrogens is 188 g/mol. The third kappa shape index (κ3) is 1.98. The van der Waals surface area contributed by atoms with Crippen molar-refractivity contribution in [2.75, 3.05) is 5.73 Å². The van der Waals surface area contributed by atoms with E-state index in [4.69, 9.17) is 5.73 Å². The van der Waals surface area contributed by atoms with E-state index >= 15 is 0 Å². The molecule has 0 aliphatic carbocycles. The number of anilines is 1. The van der Waals surface area contributed by atoms with Gasteiger partial charge in [-0.1, -0.05) is 31.2 Å². The first-order valence-corrected chi connectivity index (χ1v) is 4.95. The Balaban J connectivity index is 2.31. The molecule has 1 aromatic carbocycles. The topological polar surface area (TPSA) is 56.7 Å². The molecule has 0 unspecified atom stereocenters. The number of nitrogens with zero attached hydrogens (tertiary/aromatic N) is 3. The molecule has 0 aliphatic rings. The van der Waals surface area contributed by atoms with Crippen LogP contribution in [0.1, 0.15) is 25.3 Å². The minimum Gasteiger partial charge on any atom is -0.381 e. The van der Waals surface area contributed by atoms with Crippen LogP contribution in [0.15, 0.2) is 30.5 Å². The van der Waals surface area contributed by atoms with Crippen LogP contribution in [0.5, 0.6) is 0 Å². The molecule has 2 aromatic rings. The molecule has 4 heteroatoms. The Morgan fingerprint density at radius 1 is 1.20 bits per heavy atom. The van der Waals surface area contributed by atoms with Crippen molar-refractivity contribution in [3.05, 3.63) is 36.0 Å². The van der Waals surface area contributed by atoms with Crippen LogP contribution >= 0.6 is 0 Å². The largest absolute Gasteiger partial charge is 0.381 e. The van der Waals surface area contributed by atoms with Gasteiger partial charge in [-0.05, 0) is 23.6 Å². The van der Waals surface area contributed by atoms with Gasteiger partial charge in [0.1, 0.15) is 0 Å². The minimum atomic E-state index is 0.433. The summed E-state index contributed by atoms with van der Waals surface area (Å²) in [5, 5.41) is 7.64. The fourth-order valence-electron chi connectivity index (χ4n) is 1.41. The number of nitrogen functional groups attached to an aromatic ring is 1. The van der Waals surface area contributed by atoms with Crippen molar-refractivity contribution in [3.63, 3.8) is 0 Å². The van der Waals surface area contributed by atoms with Crippen molar-refractivity contribution >= 4 is 5.82 Å². The Morgan fingerprint density at radius 2 is 1.87 bits per heavy atom. The monoisotopic (exact) mass is 202 g/mol. The zero-order valence-corrected chi connectivity index (χ0v) is 8.88. The second-order valence-corrected chi connectivity index (χ2v) is 3.83. The van der Waals surface area contributed by atoms with Crippen LogP contribution in [-0.4, -0.2) is 15.0 Å². The maximum atomic E-state index is 5.50. The van der Waals surface area contributed by atoms with Crippen molar-refractivity contribution in [2.45, 2.75) is 19.8 Å². The first-order valence-electron chi connectivity index (χ1n) is 4.95. The van der Waals surface area contributed by atoms with Crippen LogP contribution in [0.2, 0.25) is 0 Å². The molecule has 0 aliphatic heterocycles. The quantitative estimate of drug-likeness (QED) is 0.810. The highest BCUT2D eigenvalue weighted by atomic mass is 15.4. The summed E-state index contributed by atoms with van der Waals surface area (Å²) < 4.78 is 1.67. The average Bonchev–Trinajstić information content (AvgIpc) is 2.65. The molecule has 0 radical (unpaired) electrons. The second-order valence-electron chi connectivity index (χ2n) is 3.83. The molecule has 1 heterocycles. The molecule has 0 saturated heterocycles. The Morgan fingerprint density at radius 3 is 2.33 bits per heavy atom. The molecule has 0 fully saturated rings. The van der Waals surface area contributed by atoms with Crippen molar-refractivity contribution < 1.29 is 0 Å². The summed E-state index contributed by atoms with van der Waals surface area (Å²) in [6.07, 6.45) is 1.70. The van der Waals surface area contributed by atoms with Crippen LogP contribution in [0.4, 0.5) is 5.82 Å². The molecule has 0 amide bonds. The number of rotatable bonds is 2. The van der Waals surface area contributed by atoms with E-state index in [1.807, 2.05) is 12.1 Å². The minimum absolute atomic E-state index is 0.433. The molecule has 0 bridgehead atoms. The summed E-state index contributed by atoms with van der Waals surface area (Å²) in [6, 6.07) is 8.22. The second kappa shape index (κ2) is 3.73. The lowest BCUT2D eigenvalue weighted by molar-refractivity contribution is 0.800. The molecule has 1 aromatic heterocycles. The Bertz CT molecular complexity index is 442. The maximum absolute atomic E-state index is 5.50. The highest BCUT2D eigenvalue weighted by Crippen LogP contribution is 2.16. The highest BCUT2D eigenvalue weighted by molar-refractivity contribution is 5.36. The zero-order chi connectivity index (χ0) is 10.8. The summed E-state index contributed by atoms with van der Waals surface area (Å²) in [5.74, 6) is 0.975. The van der Waals surface area contributed by atoms with Crippen molar-refractivity contribution in [3.8, 4) is 5.69 Å². The van der Waals surface area contributed by atoms with Crippen molar-refractivity contribution in [1.29, 1.82) is 0 Å². The molecular formula is C11H14N4. The third-order valence-corrected chi connectivity index (χ3v) is 2.34. The standard InChI is InChI=1S/C11H14N4/c1-8(2)9-3-5-10(6-4-9)15-7-11(12)13-14-15/h3-8H,12H2,1-2H3. The first-order chi connectivity index (χ1) is 7.16. The number of aromatic nitrogens is 3. The van der Waals surface area contributed by atoms with Crippen LogP contribution in [-0.2, 0) is 0 Å². The van der Waals surface area contributed by atoms with E-state index in [1.165, 1.54) is 5.56 Å². The molecule has 78 valence electrons. The zero-order valence-electron chi connectivity index (χ0n) is 8.88. The lowest BCUT2D eigenvalue weighted by Gasteiger charge is -2.06. The van der Waals surface area contributed by atoms with Crippen LogP contribution < -0.4 is 5.73 Å². The van der Waals surface area contributed by atoms with Gasteiger partial charge in [0.05, 0.1) is 11.9 Å². The fraction of sp³-hybridized carbons (Fsp3) is 0.273. The van der Waals surface area contributed by atoms with Crippen LogP contribution in [0, 0.1) is 0 Å². The Labute approximate surface area is 88.7 Å². The summed E-state index contributed by atoms with van der Waals surface area (Å²) in [4.78, 5) is 0. The van der Waals surface area contributed by atoms with Gasteiger partial charge in [0, 0.05) is 0 Å². The number of hydrogen-bond acceptors (Lipinski definition) is 3. The molecule has 0 saturated carbocycles. The molecule has 15 heavy (non-hydrogen) atoms. The van der Waals surface area contributed by atoms with E-state index in [0.717, 1.165) is 5.69 Å². The van der Waals surface area contributed by atoms with Crippen LogP contribution in [0.25, 0.3) is 5.69 Å². The summed E-state index contributed by atoms with van der Waals surface area (Å²) >= 11 is 0. The van der Waals surface area contributed by atoms with Gasteiger partial charge in [0.2, 0.25) is 0 Å². The summed E-state index contributed by atoms with van der Waals surface area (Å²) in [7, 11) is 0. The summed E-state index contributed by atoms with van der Waals surface area (Å²) in [6.45, 7) is 4.34. The predicted octanol–water partition coefficient (Wildman–Crippen LogP) is 1.97. The normalized spacial score (nSPS) is 10.9.